The van der Waals surface area contributed by atoms with Gasteiger partial charge >= 0.3 is 0 Å². The Balaban J connectivity index is 2.03. The van der Waals surface area contributed by atoms with Crippen molar-refractivity contribution >= 4 is 31.9 Å². The van der Waals surface area contributed by atoms with Crippen molar-refractivity contribution in [1.82, 2.24) is 9.29 Å². The largest absolute Gasteiger partial charge is 0.285 e. The molecule has 21 heavy (non-hydrogen) atoms. The summed E-state index contributed by atoms with van der Waals surface area (Å²) in [6.07, 6.45) is 1.31. The van der Waals surface area contributed by atoms with Crippen LogP contribution in [-0.2, 0) is 16.6 Å². The highest BCUT2D eigenvalue weighted by molar-refractivity contribution is 9.10. The minimum absolute atomic E-state index is 0.0352. The number of carbonyl (C=O) groups is 1. The Hall–Kier alpha value is -1.80. The summed E-state index contributed by atoms with van der Waals surface area (Å²) in [5.41, 5.74) is 0.402. The Labute approximate surface area is 128 Å². The Bertz CT molecular complexity index is 834. The van der Waals surface area contributed by atoms with E-state index in [1.807, 2.05) is 0 Å². The molecule has 0 saturated heterocycles. The molecule has 8 heteroatoms. The van der Waals surface area contributed by atoms with Crippen molar-refractivity contribution in [2.75, 3.05) is 0 Å². The molecule has 0 unspecified atom stereocenters. The third kappa shape index (κ3) is 2.34. The minimum Gasteiger partial charge on any atom is -0.268 e. The number of pyridine rings is 1. The molecule has 1 aromatic heterocycles. The number of carbonyl (C=O) groups excluding carboxylic acids is 1. The second-order valence-corrected chi connectivity index (χ2v) is 7.14. The molecule has 0 bridgehead atoms. The van der Waals surface area contributed by atoms with Gasteiger partial charge in [0.2, 0.25) is 0 Å². The van der Waals surface area contributed by atoms with E-state index in [4.69, 9.17) is 0 Å². The van der Waals surface area contributed by atoms with Gasteiger partial charge in [-0.2, -0.15) is 8.42 Å². The number of sulfonamides is 1. The zero-order valence-electron chi connectivity index (χ0n) is 10.5. The number of amides is 1. The van der Waals surface area contributed by atoms with E-state index in [2.05, 4.69) is 20.9 Å². The van der Waals surface area contributed by atoms with Gasteiger partial charge in [0, 0.05) is 10.7 Å². The highest BCUT2D eigenvalue weighted by atomic mass is 79.9. The maximum Gasteiger partial charge on any atom is 0.285 e. The van der Waals surface area contributed by atoms with Gasteiger partial charge in [-0.1, -0.05) is 15.9 Å². The molecule has 1 aliphatic heterocycles. The molecule has 0 atom stereocenters. The molecule has 2 heterocycles. The maximum atomic E-state index is 13.4. The van der Waals surface area contributed by atoms with Gasteiger partial charge in [-0.05, 0) is 35.9 Å². The Morgan fingerprint density at radius 3 is 2.71 bits per heavy atom. The molecule has 0 saturated carbocycles. The average molecular weight is 371 g/mol. The summed E-state index contributed by atoms with van der Waals surface area (Å²) in [5, 5.41) is -0.259. The fraction of sp³-hybridized carbons (Fsp3) is 0.0769. The van der Waals surface area contributed by atoms with Gasteiger partial charge < -0.3 is 0 Å². The molecular formula is C13H8BrFN2O3S. The molecule has 1 amide bonds. The topological polar surface area (TPSA) is 67.3 Å². The van der Waals surface area contributed by atoms with Crippen molar-refractivity contribution in [2.24, 2.45) is 0 Å². The summed E-state index contributed by atoms with van der Waals surface area (Å²) < 4.78 is 39.1. The quantitative estimate of drug-likeness (QED) is 0.813. The number of rotatable bonds is 2. The Kier molecular flexibility index (Phi) is 3.29. The number of nitrogens with zero attached hydrogens (tertiary/aromatic N) is 2. The first kappa shape index (κ1) is 14.2. The van der Waals surface area contributed by atoms with Gasteiger partial charge in [0.15, 0.2) is 5.03 Å². The van der Waals surface area contributed by atoms with Crippen LogP contribution >= 0.6 is 15.9 Å². The summed E-state index contributed by atoms with van der Waals surface area (Å²) in [4.78, 5) is 15.9. The van der Waals surface area contributed by atoms with Crippen molar-refractivity contribution < 1.29 is 17.6 Å². The first-order valence-corrected chi connectivity index (χ1v) is 8.10. The van der Waals surface area contributed by atoms with E-state index in [1.54, 1.807) is 6.07 Å². The van der Waals surface area contributed by atoms with Crippen molar-refractivity contribution in [3.63, 3.8) is 0 Å². The van der Waals surface area contributed by atoms with E-state index in [9.17, 15) is 17.6 Å². The number of halogens is 2. The lowest BCUT2D eigenvalue weighted by molar-refractivity contribution is 0.0864. The molecule has 1 aliphatic rings. The molecule has 1 aromatic carbocycles. The molecule has 5 nitrogen and oxygen atoms in total. The Morgan fingerprint density at radius 1 is 1.29 bits per heavy atom. The van der Waals surface area contributed by atoms with Crippen LogP contribution in [0.2, 0.25) is 0 Å². The average Bonchev–Trinajstić information content (AvgIpc) is 2.60. The van der Waals surface area contributed by atoms with Crippen molar-refractivity contribution in [3.05, 3.63) is 57.9 Å². The molecule has 0 aliphatic carbocycles. The molecule has 3 rings (SSSR count). The smallest absolute Gasteiger partial charge is 0.268 e. The van der Waals surface area contributed by atoms with Crippen LogP contribution in [0.25, 0.3) is 0 Å². The van der Waals surface area contributed by atoms with Crippen molar-refractivity contribution in [3.8, 4) is 0 Å². The second-order valence-electron chi connectivity index (χ2n) is 4.45. The van der Waals surface area contributed by atoms with Crippen LogP contribution in [0.15, 0.2) is 46.0 Å². The summed E-state index contributed by atoms with van der Waals surface area (Å²) >= 11 is 3.13. The van der Waals surface area contributed by atoms with Crippen LogP contribution in [0.4, 0.5) is 4.39 Å². The fourth-order valence-corrected chi connectivity index (χ4v) is 4.12. The molecule has 0 radical (unpaired) electrons. The number of aromatic nitrogens is 1. The third-order valence-corrected chi connectivity index (χ3v) is 5.16. The SMILES string of the molecule is O=C1c2cccnc2S(=O)(=O)N1Cc1cc(F)cc(Br)c1. The van der Waals surface area contributed by atoms with Crippen molar-refractivity contribution in [2.45, 2.75) is 11.6 Å². The minimum atomic E-state index is -3.98. The predicted octanol–water partition coefficient (Wildman–Crippen LogP) is 2.33. The zero-order chi connectivity index (χ0) is 15.2. The van der Waals surface area contributed by atoms with Crippen LogP contribution in [0.3, 0.4) is 0 Å². The van der Waals surface area contributed by atoms with Gasteiger partial charge in [-0.25, -0.2) is 13.7 Å². The maximum absolute atomic E-state index is 13.4. The lowest BCUT2D eigenvalue weighted by Gasteiger charge is -2.15. The molecule has 0 spiro atoms. The normalized spacial score (nSPS) is 16.1. The zero-order valence-corrected chi connectivity index (χ0v) is 12.9. The highest BCUT2D eigenvalue weighted by Crippen LogP contribution is 2.30. The number of hydrogen-bond acceptors (Lipinski definition) is 4. The van der Waals surface area contributed by atoms with Gasteiger partial charge in [-0.15, -0.1) is 0 Å². The van der Waals surface area contributed by atoms with Gasteiger partial charge in [-0.3, -0.25) is 4.79 Å². The second kappa shape index (κ2) is 4.88. The number of fused-ring (bicyclic) bond motifs is 1. The van der Waals surface area contributed by atoms with E-state index >= 15 is 0 Å². The fourth-order valence-electron chi connectivity index (χ4n) is 2.13. The number of benzene rings is 1. The summed E-state index contributed by atoms with van der Waals surface area (Å²) in [7, 11) is -3.98. The first-order chi connectivity index (χ1) is 9.89. The van der Waals surface area contributed by atoms with Crippen molar-refractivity contribution in [1.29, 1.82) is 0 Å². The van der Waals surface area contributed by atoms with Crippen LogP contribution in [-0.4, -0.2) is 23.6 Å². The van der Waals surface area contributed by atoms with E-state index in [0.717, 1.165) is 0 Å². The van der Waals surface area contributed by atoms with Crippen LogP contribution < -0.4 is 0 Å². The monoisotopic (exact) mass is 370 g/mol. The first-order valence-electron chi connectivity index (χ1n) is 5.86. The summed E-state index contributed by atoms with van der Waals surface area (Å²) in [5.74, 6) is -1.17. The van der Waals surface area contributed by atoms with Crippen LogP contribution in [0, 0.1) is 5.82 Å². The van der Waals surface area contributed by atoms with Gasteiger partial charge in [0.05, 0.1) is 12.1 Å². The lowest BCUT2D eigenvalue weighted by Crippen LogP contribution is -2.29. The predicted molar refractivity (Wildman–Crippen MR) is 75.4 cm³/mol. The molecule has 0 fully saturated rings. The van der Waals surface area contributed by atoms with Crippen LogP contribution in [0.5, 0.6) is 0 Å². The molecule has 108 valence electrons. The summed E-state index contributed by atoms with van der Waals surface area (Å²) in [6.45, 7) is -0.242. The lowest BCUT2D eigenvalue weighted by atomic mass is 10.2. The molecular weight excluding hydrogens is 363 g/mol. The standard InChI is InChI=1S/C13H8BrFN2O3S/c14-9-4-8(5-10(15)6-9)7-17-13(18)11-2-1-3-16-12(11)21(17,19)20/h1-6H,7H2. The number of hydrogen-bond donors (Lipinski definition) is 0. The van der Waals surface area contributed by atoms with Gasteiger partial charge in [0.1, 0.15) is 5.82 Å². The van der Waals surface area contributed by atoms with Crippen LogP contribution in [0.1, 0.15) is 15.9 Å². The van der Waals surface area contributed by atoms with Gasteiger partial charge in [0.25, 0.3) is 15.9 Å². The third-order valence-electron chi connectivity index (χ3n) is 3.01. The van der Waals surface area contributed by atoms with E-state index in [0.29, 0.717) is 14.3 Å². The summed E-state index contributed by atoms with van der Waals surface area (Å²) in [6, 6.07) is 6.89. The Morgan fingerprint density at radius 2 is 2.05 bits per heavy atom. The van der Waals surface area contributed by atoms with E-state index < -0.39 is 21.7 Å². The highest BCUT2D eigenvalue weighted by Gasteiger charge is 2.42. The van der Waals surface area contributed by atoms with E-state index in [1.165, 1.54) is 30.5 Å². The van der Waals surface area contributed by atoms with E-state index in [-0.39, 0.29) is 17.1 Å². The molecule has 2 aromatic rings. The molecule has 0 N–H and O–H groups in total.